The van der Waals surface area contributed by atoms with Gasteiger partial charge in [-0.3, -0.25) is 0 Å². The molecule has 2 nitrogen and oxygen atoms in total. The Morgan fingerprint density at radius 3 is 2.88 bits per heavy atom. The second kappa shape index (κ2) is 6.01. The molecule has 17 heavy (non-hydrogen) atoms. The van der Waals surface area contributed by atoms with Crippen molar-refractivity contribution < 1.29 is 9.13 Å². The first-order chi connectivity index (χ1) is 8.28. The van der Waals surface area contributed by atoms with Crippen molar-refractivity contribution in [3.8, 4) is 5.75 Å². The van der Waals surface area contributed by atoms with Gasteiger partial charge in [-0.1, -0.05) is 12.5 Å². The molecule has 1 saturated carbocycles. The zero-order chi connectivity index (χ0) is 12.1. The molecule has 0 radical (unpaired) electrons. The van der Waals surface area contributed by atoms with E-state index in [0.29, 0.717) is 11.8 Å². The van der Waals surface area contributed by atoms with Crippen LogP contribution in [0.2, 0.25) is 0 Å². The first-order valence-electron chi connectivity index (χ1n) is 6.37. The Labute approximate surface area is 102 Å². The fourth-order valence-electron chi connectivity index (χ4n) is 2.42. The Bertz CT molecular complexity index is 356. The van der Waals surface area contributed by atoms with E-state index in [9.17, 15) is 4.39 Å². The van der Waals surface area contributed by atoms with Crippen LogP contribution in [-0.4, -0.2) is 19.2 Å². The number of benzene rings is 1. The number of nitrogens with one attached hydrogen (secondary N) is 1. The molecule has 3 heteroatoms. The van der Waals surface area contributed by atoms with Gasteiger partial charge in [0.15, 0.2) is 0 Å². The molecule has 2 atom stereocenters. The zero-order valence-corrected chi connectivity index (χ0v) is 10.3. The van der Waals surface area contributed by atoms with Gasteiger partial charge in [-0.05, 0) is 44.9 Å². The largest absolute Gasteiger partial charge is 0.490 e. The predicted molar refractivity (Wildman–Crippen MR) is 66.7 cm³/mol. The normalized spacial score (nSPS) is 25.3. The molecule has 1 fully saturated rings. The van der Waals surface area contributed by atoms with Gasteiger partial charge >= 0.3 is 0 Å². The summed E-state index contributed by atoms with van der Waals surface area (Å²) in [6.45, 7) is 0. The SMILES string of the molecule is CNC1CCCC[C@@H](Oc2cccc(F)c2)C1. The Kier molecular flexibility index (Phi) is 4.37. The third-order valence-electron chi connectivity index (χ3n) is 3.38. The minimum absolute atomic E-state index is 0.205. The van der Waals surface area contributed by atoms with Crippen molar-refractivity contribution in [1.29, 1.82) is 0 Å². The molecule has 0 amide bonds. The number of hydrogen-bond donors (Lipinski definition) is 1. The molecule has 1 aromatic carbocycles. The van der Waals surface area contributed by atoms with Gasteiger partial charge < -0.3 is 10.1 Å². The maximum atomic E-state index is 13.1. The lowest BCUT2D eigenvalue weighted by Crippen LogP contribution is -2.30. The number of rotatable bonds is 3. The summed E-state index contributed by atoms with van der Waals surface area (Å²) in [7, 11) is 2.00. The zero-order valence-electron chi connectivity index (χ0n) is 10.3. The molecule has 94 valence electrons. The first kappa shape index (κ1) is 12.4. The highest BCUT2D eigenvalue weighted by atomic mass is 19.1. The molecule has 0 aromatic heterocycles. The molecule has 0 spiro atoms. The van der Waals surface area contributed by atoms with Crippen molar-refractivity contribution in [2.45, 2.75) is 44.2 Å². The lowest BCUT2D eigenvalue weighted by molar-refractivity contribution is 0.173. The van der Waals surface area contributed by atoms with Crippen LogP contribution < -0.4 is 10.1 Å². The van der Waals surface area contributed by atoms with Crippen molar-refractivity contribution in [2.75, 3.05) is 7.05 Å². The maximum Gasteiger partial charge on any atom is 0.126 e. The van der Waals surface area contributed by atoms with Crippen LogP contribution >= 0.6 is 0 Å². The van der Waals surface area contributed by atoms with Crippen LogP contribution in [0.1, 0.15) is 32.1 Å². The summed E-state index contributed by atoms with van der Waals surface area (Å²) >= 11 is 0. The highest BCUT2D eigenvalue weighted by Gasteiger charge is 2.20. The maximum absolute atomic E-state index is 13.1. The average molecular weight is 237 g/mol. The van der Waals surface area contributed by atoms with E-state index in [1.54, 1.807) is 6.07 Å². The molecular weight excluding hydrogens is 217 g/mol. The molecule has 0 saturated heterocycles. The van der Waals surface area contributed by atoms with Gasteiger partial charge in [-0.2, -0.15) is 0 Å². The topological polar surface area (TPSA) is 21.3 Å². The average Bonchev–Trinajstić information content (AvgIpc) is 2.54. The van der Waals surface area contributed by atoms with Gasteiger partial charge in [0.1, 0.15) is 17.7 Å². The molecule has 0 bridgehead atoms. The van der Waals surface area contributed by atoms with E-state index in [1.807, 2.05) is 13.1 Å². The summed E-state index contributed by atoms with van der Waals surface area (Å²) in [4.78, 5) is 0. The predicted octanol–water partition coefficient (Wildman–Crippen LogP) is 3.13. The van der Waals surface area contributed by atoms with E-state index < -0.39 is 0 Å². The summed E-state index contributed by atoms with van der Waals surface area (Å²) in [6, 6.07) is 6.94. The molecule has 0 heterocycles. The summed E-state index contributed by atoms with van der Waals surface area (Å²) in [5.41, 5.74) is 0. The summed E-state index contributed by atoms with van der Waals surface area (Å²) < 4.78 is 18.9. The molecule has 0 aliphatic heterocycles. The molecule has 1 unspecified atom stereocenters. The third-order valence-corrected chi connectivity index (χ3v) is 3.38. The van der Waals surface area contributed by atoms with Crippen molar-refractivity contribution in [3.63, 3.8) is 0 Å². The summed E-state index contributed by atoms with van der Waals surface area (Å²) in [6.07, 6.45) is 5.92. The van der Waals surface area contributed by atoms with Crippen LogP contribution in [0.5, 0.6) is 5.75 Å². The molecule has 1 aromatic rings. The van der Waals surface area contributed by atoms with Gasteiger partial charge in [0.05, 0.1) is 0 Å². The molecule has 1 aliphatic carbocycles. The van der Waals surface area contributed by atoms with E-state index >= 15 is 0 Å². The van der Waals surface area contributed by atoms with Crippen LogP contribution in [0, 0.1) is 5.82 Å². The Balaban J connectivity index is 1.97. The Morgan fingerprint density at radius 1 is 1.29 bits per heavy atom. The van der Waals surface area contributed by atoms with Crippen LogP contribution in [0.15, 0.2) is 24.3 Å². The van der Waals surface area contributed by atoms with Gasteiger partial charge in [-0.25, -0.2) is 4.39 Å². The second-order valence-corrected chi connectivity index (χ2v) is 4.70. The highest BCUT2D eigenvalue weighted by molar-refractivity contribution is 5.22. The standard InChI is InChI=1S/C14H20FNO/c1-16-12-6-2-3-7-14(10-12)17-13-8-4-5-11(15)9-13/h4-5,8-9,12,14,16H,2-3,6-7,10H2,1H3/t12?,14-/m1/s1. The van der Waals surface area contributed by atoms with Gasteiger partial charge in [0.2, 0.25) is 0 Å². The van der Waals surface area contributed by atoms with Crippen LogP contribution in [-0.2, 0) is 0 Å². The van der Waals surface area contributed by atoms with Crippen molar-refractivity contribution in [2.24, 2.45) is 0 Å². The van der Waals surface area contributed by atoms with Crippen LogP contribution in [0.25, 0.3) is 0 Å². The summed E-state index contributed by atoms with van der Waals surface area (Å²) in [5.74, 6) is 0.410. The third kappa shape index (κ3) is 3.70. The fourth-order valence-corrected chi connectivity index (χ4v) is 2.42. The van der Waals surface area contributed by atoms with E-state index in [2.05, 4.69) is 5.32 Å². The minimum Gasteiger partial charge on any atom is -0.490 e. The molecular formula is C14H20FNO. The molecule has 2 rings (SSSR count). The smallest absolute Gasteiger partial charge is 0.126 e. The van der Waals surface area contributed by atoms with Gasteiger partial charge in [0.25, 0.3) is 0 Å². The van der Waals surface area contributed by atoms with E-state index in [0.717, 1.165) is 12.8 Å². The van der Waals surface area contributed by atoms with E-state index in [-0.39, 0.29) is 11.9 Å². The number of hydrogen-bond acceptors (Lipinski definition) is 2. The minimum atomic E-state index is -0.235. The van der Waals surface area contributed by atoms with Gasteiger partial charge in [-0.15, -0.1) is 0 Å². The highest BCUT2D eigenvalue weighted by Crippen LogP contribution is 2.23. The first-order valence-corrected chi connectivity index (χ1v) is 6.37. The van der Waals surface area contributed by atoms with Crippen LogP contribution in [0.3, 0.4) is 0 Å². The number of ether oxygens (including phenoxy) is 1. The second-order valence-electron chi connectivity index (χ2n) is 4.70. The number of halogens is 1. The van der Waals surface area contributed by atoms with E-state index in [4.69, 9.17) is 4.74 Å². The van der Waals surface area contributed by atoms with Crippen LogP contribution in [0.4, 0.5) is 4.39 Å². The van der Waals surface area contributed by atoms with Crippen molar-refractivity contribution in [3.05, 3.63) is 30.1 Å². The fraction of sp³-hybridized carbons (Fsp3) is 0.571. The lowest BCUT2D eigenvalue weighted by Gasteiger charge is -2.21. The van der Waals surface area contributed by atoms with Gasteiger partial charge in [0, 0.05) is 12.1 Å². The van der Waals surface area contributed by atoms with Crippen molar-refractivity contribution >= 4 is 0 Å². The van der Waals surface area contributed by atoms with E-state index in [1.165, 1.54) is 31.4 Å². The Hall–Kier alpha value is -1.09. The summed E-state index contributed by atoms with van der Waals surface area (Å²) in [5, 5.41) is 3.32. The molecule has 1 aliphatic rings. The molecule has 1 N–H and O–H groups in total. The Morgan fingerprint density at radius 2 is 2.12 bits per heavy atom. The lowest BCUT2D eigenvalue weighted by atomic mass is 10.1. The monoisotopic (exact) mass is 237 g/mol. The van der Waals surface area contributed by atoms with Crippen molar-refractivity contribution in [1.82, 2.24) is 5.32 Å². The quantitative estimate of drug-likeness (QED) is 0.815.